The summed E-state index contributed by atoms with van der Waals surface area (Å²) in [6, 6.07) is 6.03. The Bertz CT molecular complexity index is 533. The Kier molecular flexibility index (Phi) is 4.90. The molecule has 0 saturated heterocycles. The van der Waals surface area contributed by atoms with Gasteiger partial charge in [-0.2, -0.15) is 0 Å². The summed E-state index contributed by atoms with van der Waals surface area (Å²) in [4.78, 5) is 5.40. The van der Waals surface area contributed by atoms with Crippen molar-refractivity contribution in [1.82, 2.24) is 10.3 Å². The van der Waals surface area contributed by atoms with Gasteiger partial charge in [-0.15, -0.1) is 11.3 Å². The normalized spacial score (nSPS) is 11.8. The minimum absolute atomic E-state index is 0.0887. The Morgan fingerprint density at radius 2 is 2.16 bits per heavy atom. The molecule has 0 bridgehead atoms. The molecule has 1 heterocycles. The second-order valence-corrected chi connectivity index (χ2v) is 7.79. The molecule has 0 saturated carbocycles. The standard InChI is InChI=1S/C14H17ClN2S2/c1-14(2,3)17-9-10-5-4-6-11(15)12(10)19-13-16-7-8-18-13/h4-8,17H,9H2,1-3H3. The zero-order chi connectivity index (χ0) is 13.9. The first kappa shape index (κ1) is 14.9. The maximum atomic E-state index is 6.32. The molecule has 0 aliphatic carbocycles. The molecule has 102 valence electrons. The zero-order valence-electron chi connectivity index (χ0n) is 11.2. The van der Waals surface area contributed by atoms with Gasteiger partial charge in [-0.1, -0.05) is 35.5 Å². The van der Waals surface area contributed by atoms with Crippen LogP contribution in [-0.2, 0) is 6.54 Å². The summed E-state index contributed by atoms with van der Waals surface area (Å²) >= 11 is 9.59. The zero-order valence-corrected chi connectivity index (χ0v) is 13.6. The quantitative estimate of drug-likeness (QED) is 0.874. The van der Waals surface area contributed by atoms with Crippen LogP contribution < -0.4 is 5.32 Å². The van der Waals surface area contributed by atoms with Gasteiger partial charge in [-0.25, -0.2) is 4.98 Å². The summed E-state index contributed by atoms with van der Waals surface area (Å²) in [7, 11) is 0. The summed E-state index contributed by atoms with van der Waals surface area (Å²) in [6.07, 6.45) is 1.82. The van der Waals surface area contributed by atoms with Gasteiger partial charge in [-0.05, 0) is 32.4 Å². The summed E-state index contributed by atoms with van der Waals surface area (Å²) in [6.45, 7) is 7.28. The average Bonchev–Trinajstić information content (AvgIpc) is 2.82. The molecule has 1 N–H and O–H groups in total. The fraction of sp³-hybridized carbons (Fsp3) is 0.357. The van der Waals surface area contributed by atoms with E-state index in [0.717, 1.165) is 20.8 Å². The molecule has 0 amide bonds. The minimum Gasteiger partial charge on any atom is -0.308 e. The van der Waals surface area contributed by atoms with E-state index in [9.17, 15) is 0 Å². The van der Waals surface area contributed by atoms with Crippen LogP contribution in [0.2, 0.25) is 5.02 Å². The lowest BCUT2D eigenvalue weighted by Crippen LogP contribution is -2.35. The van der Waals surface area contributed by atoms with Crippen molar-refractivity contribution in [2.75, 3.05) is 0 Å². The van der Waals surface area contributed by atoms with Gasteiger partial charge in [0.15, 0.2) is 4.34 Å². The van der Waals surface area contributed by atoms with Gasteiger partial charge in [0.05, 0.1) is 5.02 Å². The van der Waals surface area contributed by atoms with Gasteiger partial charge in [-0.3, -0.25) is 0 Å². The van der Waals surface area contributed by atoms with E-state index in [1.807, 2.05) is 23.7 Å². The van der Waals surface area contributed by atoms with Crippen LogP contribution in [0, 0.1) is 0 Å². The van der Waals surface area contributed by atoms with Crippen molar-refractivity contribution in [3.8, 4) is 0 Å². The maximum Gasteiger partial charge on any atom is 0.154 e. The summed E-state index contributed by atoms with van der Waals surface area (Å²) < 4.78 is 1.02. The lowest BCUT2D eigenvalue weighted by atomic mass is 10.1. The third-order valence-electron chi connectivity index (χ3n) is 2.46. The largest absolute Gasteiger partial charge is 0.308 e. The SMILES string of the molecule is CC(C)(C)NCc1cccc(Cl)c1Sc1nccs1. The molecule has 5 heteroatoms. The van der Waals surface area contributed by atoms with Crippen molar-refractivity contribution in [3.05, 3.63) is 40.4 Å². The van der Waals surface area contributed by atoms with E-state index in [1.165, 1.54) is 5.56 Å². The molecule has 0 aliphatic rings. The summed E-state index contributed by atoms with van der Waals surface area (Å²) in [5.41, 5.74) is 1.30. The number of thiazole rings is 1. The molecule has 2 nitrogen and oxygen atoms in total. The number of aromatic nitrogens is 1. The van der Waals surface area contributed by atoms with Crippen LogP contribution >= 0.6 is 34.7 Å². The molecule has 0 spiro atoms. The molecule has 2 aromatic rings. The lowest BCUT2D eigenvalue weighted by molar-refractivity contribution is 0.422. The molecule has 0 radical (unpaired) electrons. The number of halogens is 1. The van der Waals surface area contributed by atoms with Crippen LogP contribution in [0.15, 0.2) is 39.0 Å². The van der Waals surface area contributed by atoms with E-state index < -0.39 is 0 Å². The van der Waals surface area contributed by atoms with E-state index in [4.69, 9.17) is 11.6 Å². The van der Waals surface area contributed by atoms with E-state index in [-0.39, 0.29) is 5.54 Å². The Labute approximate surface area is 127 Å². The van der Waals surface area contributed by atoms with Crippen molar-refractivity contribution >= 4 is 34.7 Å². The number of benzene rings is 1. The molecular weight excluding hydrogens is 296 g/mol. The first-order valence-corrected chi connectivity index (χ1v) is 8.13. The van der Waals surface area contributed by atoms with Gasteiger partial charge in [0.1, 0.15) is 0 Å². The van der Waals surface area contributed by atoms with E-state index in [1.54, 1.807) is 23.1 Å². The molecular formula is C14H17ClN2S2. The van der Waals surface area contributed by atoms with Crippen LogP contribution in [0.1, 0.15) is 26.3 Å². The molecule has 0 unspecified atom stereocenters. The highest BCUT2D eigenvalue weighted by atomic mass is 35.5. The predicted molar refractivity (Wildman–Crippen MR) is 84.3 cm³/mol. The number of hydrogen-bond donors (Lipinski definition) is 1. The molecule has 0 fully saturated rings. The third kappa shape index (κ3) is 4.49. The van der Waals surface area contributed by atoms with Crippen LogP contribution in [-0.4, -0.2) is 10.5 Å². The predicted octanol–water partition coefficient (Wildman–Crippen LogP) is 4.84. The van der Waals surface area contributed by atoms with Gasteiger partial charge in [0, 0.05) is 28.6 Å². The third-order valence-corrected chi connectivity index (χ3v) is 4.95. The van der Waals surface area contributed by atoms with Crippen molar-refractivity contribution in [2.24, 2.45) is 0 Å². The van der Waals surface area contributed by atoms with E-state index >= 15 is 0 Å². The maximum absolute atomic E-state index is 6.32. The van der Waals surface area contributed by atoms with Crippen molar-refractivity contribution in [1.29, 1.82) is 0 Å². The second kappa shape index (κ2) is 6.27. The Hall–Kier alpha value is -0.550. The van der Waals surface area contributed by atoms with Crippen LogP contribution in [0.4, 0.5) is 0 Å². The van der Waals surface area contributed by atoms with Crippen LogP contribution in [0.3, 0.4) is 0 Å². The first-order chi connectivity index (χ1) is 8.96. The summed E-state index contributed by atoms with van der Waals surface area (Å²) in [5.74, 6) is 0. The van der Waals surface area contributed by atoms with Gasteiger partial charge in [0.2, 0.25) is 0 Å². The van der Waals surface area contributed by atoms with E-state index in [2.05, 4.69) is 37.1 Å². The van der Waals surface area contributed by atoms with Gasteiger partial charge >= 0.3 is 0 Å². The fourth-order valence-electron chi connectivity index (χ4n) is 1.52. The topological polar surface area (TPSA) is 24.9 Å². The van der Waals surface area contributed by atoms with Gasteiger partial charge in [0.25, 0.3) is 0 Å². The molecule has 1 aromatic carbocycles. The second-order valence-electron chi connectivity index (χ2n) is 5.23. The van der Waals surface area contributed by atoms with Gasteiger partial charge < -0.3 is 5.32 Å². The first-order valence-electron chi connectivity index (χ1n) is 6.05. The molecule has 0 atom stereocenters. The molecule has 0 aliphatic heterocycles. The van der Waals surface area contributed by atoms with Crippen molar-refractivity contribution in [3.63, 3.8) is 0 Å². The van der Waals surface area contributed by atoms with Crippen LogP contribution in [0.5, 0.6) is 0 Å². The highest BCUT2D eigenvalue weighted by molar-refractivity contribution is 8.01. The Morgan fingerprint density at radius 3 is 2.79 bits per heavy atom. The Morgan fingerprint density at radius 1 is 1.37 bits per heavy atom. The number of nitrogens with zero attached hydrogens (tertiary/aromatic N) is 1. The highest BCUT2D eigenvalue weighted by Gasteiger charge is 2.13. The summed E-state index contributed by atoms with van der Waals surface area (Å²) in [5, 5.41) is 6.26. The minimum atomic E-state index is 0.0887. The smallest absolute Gasteiger partial charge is 0.154 e. The van der Waals surface area contributed by atoms with E-state index in [0.29, 0.717) is 0 Å². The monoisotopic (exact) mass is 312 g/mol. The lowest BCUT2D eigenvalue weighted by Gasteiger charge is -2.21. The number of rotatable bonds is 4. The number of hydrogen-bond acceptors (Lipinski definition) is 4. The molecule has 1 aromatic heterocycles. The molecule has 19 heavy (non-hydrogen) atoms. The van der Waals surface area contributed by atoms with Crippen LogP contribution in [0.25, 0.3) is 0 Å². The molecule has 2 rings (SSSR count). The number of nitrogens with one attached hydrogen (secondary N) is 1. The Balaban J connectivity index is 2.21. The highest BCUT2D eigenvalue weighted by Crippen LogP contribution is 2.37. The van der Waals surface area contributed by atoms with Crippen molar-refractivity contribution in [2.45, 2.75) is 42.1 Å². The average molecular weight is 313 g/mol. The van der Waals surface area contributed by atoms with Crippen molar-refractivity contribution < 1.29 is 0 Å². The fourth-order valence-corrected chi connectivity index (χ4v) is 3.52.